The van der Waals surface area contributed by atoms with Gasteiger partial charge < -0.3 is 20.1 Å². The molecule has 0 fully saturated rings. The van der Waals surface area contributed by atoms with Crippen LogP contribution in [0.4, 0.5) is 5.82 Å². The number of para-hydroxylation sites is 1. The van der Waals surface area contributed by atoms with E-state index in [-0.39, 0.29) is 0 Å². The molecule has 0 bridgehead atoms. The Morgan fingerprint density at radius 3 is 2.65 bits per heavy atom. The summed E-state index contributed by atoms with van der Waals surface area (Å²) in [6.07, 6.45) is 0.822. The number of imidazole rings is 1. The van der Waals surface area contributed by atoms with Crippen molar-refractivity contribution in [2.75, 3.05) is 26.1 Å². The molecule has 4 rings (SSSR count). The maximum atomic E-state index is 7.00. The second-order valence-corrected chi connectivity index (χ2v) is 4.75. The first-order chi connectivity index (χ1) is 11.3. The molecule has 3 aromatic rings. The molecule has 1 aromatic carbocycles. The van der Waals surface area contributed by atoms with Crippen LogP contribution in [0.3, 0.4) is 0 Å². The van der Waals surface area contributed by atoms with E-state index < -0.39 is 0 Å². The number of nitrogens with two attached hydrogens (primary N) is 1. The molecule has 0 unspecified atom stereocenters. The van der Waals surface area contributed by atoms with Crippen molar-refractivity contribution in [3.63, 3.8) is 0 Å². The van der Waals surface area contributed by atoms with Gasteiger partial charge in [0.1, 0.15) is 11.3 Å². The van der Waals surface area contributed by atoms with Crippen molar-refractivity contribution < 1.29 is 9.84 Å². The van der Waals surface area contributed by atoms with Gasteiger partial charge in [0.2, 0.25) is 0 Å². The van der Waals surface area contributed by atoms with Gasteiger partial charge in [0.25, 0.3) is 0 Å². The summed E-state index contributed by atoms with van der Waals surface area (Å²) in [6, 6.07) is 8.05. The molecule has 3 heterocycles. The Labute approximate surface area is 135 Å². The summed E-state index contributed by atoms with van der Waals surface area (Å²) < 4.78 is 7.74. The van der Waals surface area contributed by atoms with Crippen LogP contribution in [0.5, 0.6) is 0 Å². The minimum Gasteiger partial charge on any atom is -0.400 e. The molecule has 0 spiro atoms. The second kappa shape index (κ2) is 7.89. The number of ether oxygens (including phenoxy) is 1. The molecule has 0 radical (unpaired) electrons. The van der Waals surface area contributed by atoms with Crippen LogP contribution in [-0.2, 0) is 17.7 Å². The number of hydrogen-bond acceptors (Lipinski definition) is 5. The highest BCUT2D eigenvalue weighted by Gasteiger charge is 2.18. The van der Waals surface area contributed by atoms with Crippen molar-refractivity contribution >= 4 is 27.8 Å². The molecular weight excluding hydrogens is 292 g/mol. The predicted molar refractivity (Wildman–Crippen MR) is 93.5 cm³/mol. The Bertz CT molecular complexity index is 783. The third kappa shape index (κ3) is 3.13. The molecule has 124 valence electrons. The quantitative estimate of drug-likeness (QED) is 0.665. The Kier molecular flexibility index (Phi) is 5.90. The lowest BCUT2D eigenvalue weighted by Crippen LogP contribution is -2.04. The van der Waals surface area contributed by atoms with Crippen molar-refractivity contribution in [2.24, 2.45) is 0 Å². The van der Waals surface area contributed by atoms with Crippen molar-refractivity contribution in [1.29, 1.82) is 0 Å². The van der Waals surface area contributed by atoms with Crippen LogP contribution in [0.1, 0.15) is 19.7 Å². The SMILES string of the molecule is CC.CO.Nc1nc2ccccc2c2c1nc1n2CCOCC1. The number of anilines is 1. The van der Waals surface area contributed by atoms with Crippen molar-refractivity contribution in [3.8, 4) is 0 Å². The number of fused-ring (bicyclic) bond motifs is 5. The van der Waals surface area contributed by atoms with Crippen LogP contribution in [0.2, 0.25) is 0 Å². The highest BCUT2D eigenvalue weighted by molar-refractivity contribution is 6.06. The summed E-state index contributed by atoms with van der Waals surface area (Å²) in [5.74, 6) is 1.55. The summed E-state index contributed by atoms with van der Waals surface area (Å²) >= 11 is 0. The van der Waals surface area contributed by atoms with Crippen LogP contribution in [0.25, 0.3) is 21.9 Å². The zero-order valence-corrected chi connectivity index (χ0v) is 13.9. The van der Waals surface area contributed by atoms with Crippen LogP contribution >= 0.6 is 0 Å². The number of pyridine rings is 1. The standard InChI is InChI=1S/C14H14N4O.C2H6.CH4O/c15-14-12-13(9-3-1-2-4-10(9)16-14)18-6-8-19-7-5-11(18)17-12;2*1-2/h1-4H,5-8H2,(H2,15,16);1-2H3;2H,1H3. The molecule has 2 aromatic heterocycles. The Morgan fingerprint density at radius 2 is 1.87 bits per heavy atom. The first-order valence-electron chi connectivity index (χ1n) is 7.90. The van der Waals surface area contributed by atoms with Crippen LogP contribution in [0.15, 0.2) is 24.3 Å². The lowest BCUT2D eigenvalue weighted by Gasteiger charge is -2.07. The van der Waals surface area contributed by atoms with E-state index in [4.69, 9.17) is 15.6 Å². The Hall–Kier alpha value is -2.18. The van der Waals surface area contributed by atoms with Crippen molar-refractivity contribution in [1.82, 2.24) is 14.5 Å². The topological polar surface area (TPSA) is 86.2 Å². The highest BCUT2D eigenvalue weighted by Crippen LogP contribution is 2.29. The summed E-state index contributed by atoms with van der Waals surface area (Å²) in [6.45, 7) is 6.25. The van der Waals surface area contributed by atoms with Gasteiger partial charge in [-0.05, 0) is 6.07 Å². The molecule has 1 aliphatic rings. The molecule has 0 amide bonds. The van der Waals surface area contributed by atoms with E-state index in [1.54, 1.807) is 0 Å². The number of aliphatic hydroxyl groups is 1. The minimum atomic E-state index is 0.509. The average Bonchev–Trinajstić information content (AvgIpc) is 2.83. The van der Waals surface area contributed by atoms with E-state index in [0.29, 0.717) is 12.4 Å². The number of benzene rings is 1. The Balaban J connectivity index is 0.000000448. The molecule has 6 nitrogen and oxygen atoms in total. The summed E-state index contributed by atoms with van der Waals surface area (Å²) in [5, 5.41) is 8.10. The second-order valence-electron chi connectivity index (χ2n) is 4.75. The number of nitrogens with zero attached hydrogens (tertiary/aromatic N) is 3. The van der Waals surface area contributed by atoms with Crippen LogP contribution < -0.4 is 5.73 Å². The van der Waals surface area contributed by atoms with Gasteiger partial charge in [-0.1, -0.05) is 32.0 Å². The third-order valence-electron chi connectivity index (χ3n) is 3.62. The molecule has 23 heavy (non-hydrogen) atoms. The average molecular weight is 316 g/mol. The van der Waals surface area contributed by atoms with E-state index >= 15 is 0 Å². The van der Waals surface area contributed by atoms with Gasteiger partial charge in [0.05, 0.1) is 24.2 Å². The number of aliphatic hydroxyl groups excluding tert-OH is 1. The van der Waals surface area contributed by atoms with Crippen molar-refractivity contribution in [3.05, 3.63) is 30.1 Å². The van der Waals surface area contributed by atoms with E-state index in [2.05, 4.69) is 20.6 Å². The monoisotopic (exact) mass is 316 g/mol. The zero-order chi connectivity index (χ0) is 16.8. The van der Waals surface area contributed by atoms with E-state index in [9.17, 15) is 0 Å². The first-order valence-corrected chi connectivity index (χ1v) is 7.90. The summed E-state index contributed by atoms with van der Waals surface area (Å²) in [5.41, 5.74) is 8.87. The van der Waals surface area contributed by atoms with Crippen molar-refractivity contribution in [2.45, 2.75) is 26.8 Å². The van der Waals surface area contributed by atoms with Gasteiger partial charge in [-0.25, -0.2) is 9.97 Å². The number of nitrogen functional groups attached to an aromatic ring is 1. The van der Waals surface area contributed by atoms with Gasteiger partial charge in [-0.3, -0.25) is 0 Å². The minimum absolute atomic E-state index is 0.509. The molecule has 0 atom stereocenters. The first kappa shape index (κ1) is 17.2. The van der Waals surface area contributed by atoms with Gasteiger partial charge >= 0.3 is 0 Å². The fraction of sp³-hybridized carbons (Fsp3) is 0.412. The fourth-order valence-corrected chi connectivity index (χ4v) is 2.76. The summed E-state index contributed by atoms with van der Waals surface area (Å²) in [7, 11) is 1.00. The van der Waals surface area contributed by atoms with E-state index in [1.165, 1.54) is 0 Å². The van der Waals surface area contributed by atoms with Gasteiger partial charge in [-0.2, -0.15) is 0 Å². The highest BCUT2D eigenvalue weighted by atomic mass is 16.5. The largest absolute Gasteiger partial charge is 0.400 e. The van der Waals surface area contributed by atoms with Gasteiger partial charge in [-0.15, -0.1) is 0 Å². The van der Waals surface area contributed by atoms with Crippen LogP contribution in [-0.4, -0.2) is 40.0 Å². The van der Waals surface area contributed by atoms with E-state index in [1.807, 2.05) is 32.0 Å². The third-order valence-corrected chi connectivity index (χ3v) is 3.62. The lowest BCUT2D eigenvalue weighted by atomic mass is 10.2. The normalized spacial score (nSPS) is 13.4. The molecule has 0 saturated carbocycles. The number of hydrogen-bond donors (Lipinski definition) is 2. The number of rotatable bonds is 0. The zero-order valence-electron chi connectivity index (χ0n) is 13.9. The fourth-order valence-electron chi connectivity index (χ4n) is 2.76. The smallest absolute Gasteiger partial charge is 0.152 e. The molecule has 3 N–H and O–H groups in total. The lowest BCUT2D eigenvalue weighted by molar-refractivity contribution is 0.141. The van der Waals surface area contributed by atoms with Gasteiger partial charge in [0, 0.05) is 25.5 Å². The maximum Gasteiger partial charge on any atom is 0.152 e. The summed E-state index contributed by atoms with van der Waals surface area (Å²) in [4.78, 5) is 9.10. The van der Waals surface area contributed by atoms with Crippen LogP contribution in [0, 0.1) is 0 Å². The molecular formula is C17H24N4O2. The predicted octanol–water partition coefficient (Wildman–Crippen LogP) is 2.37. The Morgan fingerprint density at radius 1 is 1.13 bits per heavy atom. The van der Waals surface area contributed by atoms with Gasteiger partial charge in [0.15, 0.2) is 5.82 Å². The van der Waals surface area contributed by atoms with E-state index in [0.717, 1.165) is 54.4 Å². The molecule has 6 heteroatoms. The molecule has 0 saturated heterocycles. The number of aromatic nitrogens is 3. The maximum absolute atomic E-state index is 7.00. The molecule has 0 aliphatic carbocycles. The molecule has 1 aliphatic heterocycles.